The third kappa shape index (κ3) is 7.58. The number of carbonyl (C=O) groups is 1. The Morgan fingerprint density at radius 1 is 1.16 bits per heavy atom. The summed E-state index contributed by atoms with van der Waals surface area (Å²) in [5.74, 6) is 3.16. The van der Waals surface area contributed by atoms with E-state index in [2.05, 4.69) is 31.2 Å². The van der Waals surface area contributed by atoms with E-state index in [1.165, 1.54) is 34.6 Å². The highest BCUT2D eigenvalue weighted by Gasteiger charge is 2.37. The van der Waals surface area contributed by atoms with Crippen LogP contribution < -0.4 is 4.74 Å². The molecule has 0 amide bonds. The van der Waals surface area contributed by atoms with Crippen LogP contribution in [-0.4, -0.2) is 42.7 Å². The fraction of sp³-hybridized carbons (Fsp3) is 0.450. The van der Waals surface area contributed by atoms with E-state index in [0.717, 1.165) is 18.2 Å². The maximum absolute atomic E-state index is 11.7. The van der Waals surface area contributed by atoms with E-state index in [-0.39, 0.29) is 0 Å². The Hall–Kier alpha value is -1.98. The number of hydrogen-bond donors (Lipinski definition) is 0. The first-order valence-corrected chi connectivity index (χ1v) is 12.6. The van der Waals surface area contributed by atoms with Gasteiger partial charge in [0, 0.05) is 16.3 Å². The number of ether oxygens (including phenoxy) is 2. The summed E-state index contributed by atoms with van der Waals surface area (Å²) in [6, 6.07) is 12.3. The summed E-state index contributed by atoms with van der Waals surface area (Å²) < 4.78 is 69.2. The van der Waals surface area contributed by atoms with Crippen molar-refractivity contribution in [1.29, 1.82) is 0 Å². The van der Waals surface area contributed by atoms with Gasteiger partial charge in [-0.1, -0.05) is 25.5 Å². The second kappa shape index (κ2) is 11.1. The van der Waals surface area contributed by atoms with Gasteiger partial charge in [-0.3, -0.25) is 0 Å². The lowest BCUT2D eigenvalue weighted by Crippen LogP contribution is -2.21. The molecule has 3 rings (SSSR count). The summed E-state index contributed by atoms with van der Waals surface area (Å²) in [5, 5.41) is 2.41. The SMILES string of the molecule is CCCCOC(=O)Oc1ccc2c([S+]3CCCC3)cccc2c1.O=S(=O)([O-])C(F)(F)F. The molecule has 0 aliphatic carbocycles. The van der Waals surface area contributed by atoms with Gasteiger partial charge in [-0.2, -0.15) is 13.2 Å². The van der Waals surface area contributed by atoms with E-state index < -0.39 is 21.8 Å². The predicted octanol–water partition coefficient (Wildman–Crippen LogP) is 4.98. The fourth-order valence-corrected chi connectivity index (χ4v) is 5.36. The highest BCUT2D eigenvalue weighted by atomic mass is 32.2. The zero-order valence-electron chi connectivity index (χ0n) is 16.8. The lowest BCUT2D eigenvalue weighted by Gasteiger charge is -2.08. The van der Waals surface area contributed by atoms with Gasteiger partial charge in [-0.05, 0) is 48.9 Å². The largest absolute Gasteiger partial charge is 0.741 e. The molecule has 172 valence electrons. The smallest absolute Gasteiger partial charge is 0.513 e. The number of alkyl halides is 3. The number of hydrogen-bond acceptors (Lipinski definition) is 6. The van der Waals surface area contributed by atoms with Crippen molar-refractivity contribution in [2.75, 3.05) is 18.1 Å². The van der Waals surface area contributed by atoms with Crippen LogP contribution in [0.2, 0.25) is 0 Å². The average molecular weight is 481 g/mol. The molecule has 1 saturated heterocycles. The van der Waals surface area contributed by atoms with E-state index in [0.29, 0.717) is 23.3 Å². The van der Waals surface area contributed by atoms with Crippen molar-refractivity contribution >= 4 is 37.9 Å². The van der Waals surface area contributed by atoms with Gasteiger partial charge in [-0.25, -0.2) is 13.2 Å². The first-order valence-electron chi connectivity index (χ1n) is 9.60. The van der Waals surface area contributed by atoms with Gasteiger partial charge in [-0.15, -0.1) is 0 Å². The zero-order chi connectivity index (χ0) is 23.1. The Bertz CT molecular complexity index is 986. The van der Waals surface area contributed by atoms with E-state index in [1.54, 1.807) is 0 Å². The van der Waals surface area contributed by atoms with Gasteiger partial charge >= 0.3 is 11.7 Å². The molecule has 0 radical (unpaired) electrons. The van der Waals surface area contributed by atoms with Gasteiger partial charge in [0.2, 0.25) is 0 Å². The van der Waals surface area contributed by atoms with Crippen LogP contribution in [0.25, 0.3) is 10.8 Å². The average Bonchev–Trinajstić information content (AvgIpc) is 3.21. The van der Waals surface area contributed by atoms with Crippen molar-refractivity contribution in [2.24, 2.45) is 0 Å². The molecule has 11 heteroatoms. The van der Waals surface area contributed by atoms with Crippen LogP contribution >= 0.6 is 0 Å². The van der Waals surface area contributed by atoms with Gasteiger partial charge in [0.25, 0.3) is 0 Å². The molecular weight excluding hydrogens is 457 g/mol. The molecular formula is C20H23F3O6S2. The molecule has 1 fully saturated rings. The number of carbonyl (C=O) groups excluding carboxylic acids is 1. The lowest BCUT2D eigenvalue weighted by molar-refractivity contribution is -0.0517. The molecule has 1 heterocycles. The standard InChI is InChI=1S/C19H23O3S.CHF3O3S/c1-2-3-11-21-19(20)22-16-9-10-17-15(14-16)7-6-8-18(17)23-12-4-5-13-23;2-1(3,4)8(5,6)7/h6-10,14H,2-5,11-13H2,1H3;(H,5,6,7)/q+1;/p-1. The Morgan fingerprint density at radius 3 is 2.39 bits per heavy atom. The Balaban J connectivity index is 0.000000366. The Labute approximate surface area is 181 Å². The molecule has 1 aliphatic heterocycles. The molecule has 0 saturated carbocycles. The maximum Gasteiger partial charge on any atom is 0.513 e. The van der Waals surface area contributed by atoms with Crippen molar-refractivity contribution in [1.82, 2.24) is 0 Å². The molecule has 0 atom stereocenters. The number of halogens is 3. The van der Waals surface area contributed by atoms with Crippen LogP contribution in [0.15, 0.2) is 41.3 Å². The first-order chi connectivity index (χ1) is 14.5. The topological polar surface area (TPSA) is 92.7 Å². The van der Waals surface area contributed by atoms with Crippen molar-refractivity contribution in [2.45, 2.75) is 43.0 Å². The third-order valence-corrected chi connectivity index (χ3v) is 7.46. The summed E-state index contributed by atoms with van der Waals surface area (Å²) in [6.45, 7) is 2.47. The predicted molar refractivity (Wildman–Crippen MR) is 111 cm³/mol. The Kier molecular flexibility index (Phi) is 9.01. The minimum atomic E-state index is -6.09. The van der Waals surface area contributed by atoms with Crippen LogP contribution in [0.3, 0.4) is 0 Å². The van der Waals surface area contributed by atoms with Crippen molar-refractivity contribution in [3.05, 3.63) is 36.4 Å². The Morgan fingerprint density at radius 2 is 1.81 bits per heavy atom. The summed E-state index contributed by atoms with van der Waals surface area (Å²) >= 11 is 0. The third-order valence-electron chi connectivity index (χ3n) is 4.36. The molecule has 0 bridgehead atoms. The van der Waals surface area contributed by atoms with E-state index in [4.69, 9.17) is 22.4 Å². The molecule has 2 aromatic rings. The zero-order valence-corrected chi connectivity index (χ0v) is 18.4. The van der Waals surface area contributed by atoms with Crippen LogP contribution in [0.5, 0.6) is 5.75 Å². The van der Waals surface area contributed by atoms with Crippen molar-refractivity contribution < 1.29 is 40.4 Å². The normalized spacial score (nSPS) is 14.7. The number of rotatable bonds is 5. The highest BCUT2D eigenvalue weighted by Crippen LogP contribution is 2.31. The molecule has 6 nitrogen and oxygen atoms in total. The van der Waals surface area contributed by atoms with Gasteiger partial charge in [0.1, 0.15) is 17.3 Å². The van der Waals surface area contributed by atoms with Crippen LogP contribution in [-0.2, 0) is 25.7 Å². The summed E-state index contributed by atoms with van der Waals surface area (Å²) in [7, 11) is -5.71. The number of benzene rings is 2. The van der Waals surface area contributed by atoms with Gasteiger partial charge < -0.3 is 14.0 Å². The van der Waals surface area contributed by atoms with Crippen molar-refractivity contribution in [3.63, 3.8) is 0 Å². The van der Waals surface area contributed by atoms with Crippen LogP contribution in [0.4, 0.5) is 18.0 Å². The first kappa shape index (κ1) is 25.3. The second-order valence-corrected chi connectivity index (χ2v) is 10.3. The molecule has 0 spiro atoms. The van der Waals surface area contributed by atoms with E-state index in [9.17, 15) is 18.0 Å². The van der Waals surface area contributed by atoms with E-state index >= 15 is 0 Å². The van der Waals surface area contributed by atoms with Gasteiger partial charge in [0.15, 0.2) is 15.0 Å². The fourth-order valence-electron chi connectivity index (χ4n) is 2.85. The van der Waals surface area contributed by atoms with Gasteiger partial charge in [0.05, 0.1) is 6.61 Å². The summed E-state index contributed by atoms with van der Waals surface area (Å²) in [4.78, 5) is 13.1. The summed E-state index contributed by atoms with van der Waals surface area (Å²) in [5.41, 5.74) is -5.65. The monoisotopic (exact) mass is 480 g/mol. The minimum absolute atomic E-state index is 0.380. The van der Waals surface area contributed by atoms with E-state index in [1.807, 2.05) is 12.1 Å². The molecule has 2 aromatic carbocycles. The molecule has 0 unspecified atom stereocenters. The molecule has 0 aromatic heterocycles. The molecule has 31 heavy (non-hydrogen) atoms. The van der Waals surface area contributed by atoms with Crippen molar-refractivity contribution in [3.8, 4) is 5.75 Å². The quantitative estimate of drug-likeness (QED) is 0.150. The van der Waals surface area contributed by atoms with Crippen LogP contribution in [0.1, 0.15) is 32.6 Å². The summed E-state index contributed by atoms with van der Waals surface area (Å²) in [6.07, 6.45) is 3.91. The maximum atomic E-state index is 11.7. The minimum Gasteiger partial charge on any atom is -0.741 e. The number of unbranched alkanes of at least 4 members (excludes halogenated alkanes) is 1. The molecule has 0 N–H and O–H groups in total. The van der Waals surface area contributed by atoms with Crippen LogP contribution in [0, 0.1) is 0 Å². The lowest BCUT2D eigenvalue weighted by atomic mass is 10.1. The molecule has 1 aliphatic rings. The highest BCUT2D eigenvalue weighted by molar-refractivity contribution is 7.97. The second-order valence-electron chi connectivity index (χ2n) is 6.70. The number of fused-ring (bicyclic) bond motifs is 1.